The van der Waals surface area contributed by atoms with Crippen LogP contribution in [0.15, 0.2) is 43.0 Å². The Balaban J connectivity index is 1.57. The molecule has 0 saturated carbocycles. The number of ether oxygens (including phenoxy) is 1. The van der Waals surface area contributed by atoms with Crippen LogP contribution < -0.4 is 21.7 Å². The number of nitrogen functional groups attached to an aromatic ring is 1. The molecular weight excluding hydrogens is 396 g/mol. The average molecular weight is 420 g/mol. The van der Waals surface area contributed by atoms with Crippen LogP contribution in [0.5, 0.6) is 0 Å². The third kappa shape index (κ3) is 4.76. The summed E-state index contributed by atoms with van der Waals surface area (Å²) in [6.07, 6.45) is 7.20. The van der Waals surface area contributed by atoms with E-state index in [-0.39, 0.29) is 11.5 Å². The molecule has 0 bridgehead atoms. The lowest BCUT2D eigenvalue weighted by Crippen LogP contribution is -2.36. The summed E-state index contributed by atoms with van der Waals surface area (Å²) in [4.78, 5) is 32.2. The molecule has 0 atom stereocenters. The Kier molecular flexibility index (Phi) is 6.29. The fourth-order valence-corrected chi connectivity index (χ4v) is 3.32. The van der Waals surface area contributed by atoms with E-state index in [1.165, 1.54) is 6.20 Å². The van der Waals surface area contributed by atoms with Crippen LogP contribution >= 0.6 is 0 Å². The molecule has 3 aromatic rings. The Hall–Kier alpha value is -3.63. The lowest BCUT2D eigenvalue weighted by Gasteiger charge is -2.30. The minimum absolute atomic E-state index is 0.0420. The quantitative estimate of drug-likeness (QED) is 0.534. The zero-order valence-electron chi connectivity index (χ0n) is 17.0. The molecule has 1 saturated heterocycles. The van der Waals surface area contributed by atoms with Crippen molar-refractivity contribution >= 4 is 23.1 Å². The first-order valence-corrected chi connectivity index (χ1v) is 10.0. The van der Waals surface area contributed by atoms with Crippen LogP contribution in [-0.4, -0.2) is 58.7 Å². The Morgan fingerprint density at radius 3 is 2.71 bits per heavy atom. The number of nitrogens with two attached hydrogens (primary N) is 2. The smallest absolute Gasteiger partial charge is 0.278 e. The summed E-state index contributed by atoms with van der Waals surface area (Å²) in [6.45, 7) is 3.26. The first-order valence-electron chi connectivity index (χ1n) is 10.0. The summed E-state index contributed by atoms with van der Waals surface area (Å²) < 4.78 is 5.41. The number of nitrogens with one attached hydrogen (secondary N) is 1. The van der Waals surface area contributed by atoms with Gasteiger partial charge in [0.25, 0.3) is 5.91 Å². The first-order chi connectivity index (χ1) is 15.2. The van der Waals surface area contributed by atoms with Gasteiger partial charge in [0.15, 0.2) is 11.5 Å². The van der Waals surface area contributed by atoms with E-state index in [2.05, 4.69) is 30.2 Å². The number of anilines is 3. The molecule has 1 aliphatic heterocycles. The number of pyridine rings is 2. The van der Waals surface area contributed by atoms with Crippen LogP contribution in [0.3, 0.4) is 0 Å². The van der Waals surface area contributed by atoms with Crippen molar-refractivity contribution in [3.05, 3.63) is 54.4 Å². The van der Waals surface area contributed by atoms with Crippen molar-refractivity contribution in [1.82, 2.24) is 19.9 Å². The van der Waals surface area contributed by atoms with E-state index in [0.717, 1.165) is 30.0 Å². The molecule has 1 fully saturated rings. The topological polar surface area (TPSA) is 145 Å². The second-order valence-electron chi connectivity index (χ2n) is 7.01. The number of morpholine rings is 1. The van der Waals surface area contributed by atoms with Gasteiger partial charge in [-0.1, -0.05) is 0 Å². The largest absolute Gasteiger partial charge is 0.382 e. The third-order valence-corrected chi connectivity index (χ3v) is 4.93. The van der Waals surface area contributed by atoms with Crippen LogP contribution in [0.2, 0.25) is 0 Å². The molecule has 1 amide bonds. The number of hydrogen-bond acceptors (Lipinski definition) is 9. The van der Waals surface area contributed by atoms with Gasteiger partial charge in [-0.25, -0.2) is 9.97 Å². The van der Waals surface area contributed by atoms with Crippen molar-refractivity contribution in [2.45, 2.75) is 6.42 Å². The van der Waals surface area contributed by atoms with Gasteiger partial charge in [0.1, 0.15) is 0 Å². The molecule has 10 heteroatoms. The Morgan fingerprint density at radius 1 is 1.13 bits per heavy atom. The predicted molar refractivity (Wildman–Crippen MR) is 118 cm³/mol. The predicted octanol–water partition coefficient (Wildman–Crippen LogP) is 1.11. The molecule has 31 heavy (non-hydrogen) atoms. The van der Waals surface area contributed by atoms with Gasteiger partial charge in [0.2, 0.25) is 0 Å². The zero-order valence-corrected chi connectivity index (χ0v) is 17.0. The minimum Gasteiger partial charge on any atom is -0.382 e. The maximum Gasteiger partial charge on any atom is 0.278 e. The van der Waals surface area contributed by atoms with Gasteiger partial charge >= 0.3 is 0 Å². The molecule has 0 unspecified atom stereocenters. The van der Waals surface area contributed by atoms with E-state index >= 15 is 0 Å². The molecule has 10 nitrogen and oxygen atoms in total. The van der Waals surface area contributed by atoms with Gasteiger partial charge in [-0.05, 0) is 24.7 Å². The highest BCUT2D eigenvalue weighted by Crippen LogP contribution is 2.26. The van der Waals surface area contributed by atoms with E-state index in [1.54, 1.807) is 18.6 Å². The third-order valence-electron chi connectivity index (χ3n) is 4.93. The highest BCUT2D eigenvalue weighted by atomic mass is 16.5. The van der Waals surface area contributed by atoms with Gasteiger partial charge in [0.05, 0.1) is 42.7 Å². The van der Waals surface area contributed by atoms with Gasteiger partial charge < -0.3 is 26.4 Å². The molecule has 160 valence electrons. The van der Waals surface area contributed by atoms with E-state index in [4.69, 9.17) is 16.2 Å². The second kappa shape index (κ2) is 9.45. The summed E-state index contributed by atoms with van der Waals surface area (Å²) in [5.41, 5.74) is 15.1. The molecule has 0 radical (unpaired) electrons. The van der Waals surface area contributed by atoms with Gasteiger partial charge in [0, 0.05) is 43.2 Å². The van der Waals surface area contributed by atoms with Crippen LogP contribution in [0.4, 0.5) is 17.2 Å². The number of amides is 1. The van der Waals surface area contributed by atoms with Crippen molar-refractivity contribution in [1.29, 1.82) is 0 Å². The number of carbonyl (C=O) groups excluding carboxylic acids is 1. The summed E-state index contributed by atoms with van der Waals surface area (Å²) in [5.74, 6) is -0.409. The van der Waals surface area contributed by atoms with E-state index in [9.17, 15) is 4.79 Å². The van der Waals surface area contributed by atoms with Crippen molar-refractivity contribution in [2.24, 2.45) is 5.73 Å². The van der Waals surface area contributed by atoms with Gasteiger partial charge in [-0.2, -0.15) is 0 Å². The maximum absolute atomic E-state index is 13.0. The lowest BCUT2D eigenvalue weighted by atomic mass is 10.2. The Morgan fingerprint density at radius 2 is 1.97 bits per heavy atom. The van der Waals surface area contributed by atoms with Crippen LogP contribution in [-0.2, 0) is 11.2 Å². The zero-order chi connectivity index (χ0) is 21.6. The van der Waals surface area contributed by atoms with E-state index < -0.39 is 5.91 Å². The second-order valence-corrected chi connectivity index (χ2v) is 7.01. The first kappa shape index (κ1) is 20.6. The Bertz CT molecular complexity index is 1050. The minimum atomic E-state index is -0.456. The number of aromatic nitrogens is 4. The maximum atomic E-state index is 13.0. The normalized spacial score (nSPS) is 13.8. The molecule has 0 spiro atoms. The number of rotatable bonds is 6. The lowest BCUT2D eigenvalue weighted by molar-refractivity contribution is 0.102. The van der Waals surface area contributed by atoms with E-state index in [1.807, 2.05) is 18.2 Å². The molecule has 3 aromatic heterocycles. The van der Waals surface area contributed by atoms with Crippen molar-refractivity contribution in [3.8, 4) is 11.3 Å². The standard InChI is InChI=1S/C21H24N8O2/c22-5-3-15-2-1-14(11-25-15)16-13-26-20(23)19(27-16)21(30)28-17-12-24-6-4-18(17)29-7-9-31-10-8-29/h1-2,4,6,11-13H,3,5,7-10,22H2,(H2,23,26)(H,28,30). The number of hydrogen-bond donors (Lipinski definition) is 3. The highest BCUT2D eigenvalue weighted by molar-refractivity contribution is 6.07. The van der Waals surface area contributed by atoms with Crippen molar-refractivity contribution in [2.75, 3.05) is 48.8 Å². The average Bonchev–Trinajstić information content (AvgIpc) is 2.81. The van der Waals surface area contributed by atoms with Gasteiger partial charge in [-0.3, -0.25) is 14.8 Å². The Labute approximate surface area is 179 Å². The molecular formula is C21H24N8O2. The molecule has 0 aliphatic carbocycles. The summed E-state index contributed by atoms with van der Waals surface area (Å²) in [7, 11) is 0. The van der Waals surface area contributed by atoms with E-state index in [0.29, 0.717) is 37.6 Å². The fraction of sp³-hybridized carbons (Fsp3) is 0.286. The molecule has 1 aliphatic rings. The van der Waals surface area contributed by atoms with Crippen molar-refractivity contribution < 1.29 is 9.53 Å². The monoisotopic (exact) mass is 420 g/mol. The molecule has 0 aromatic carbocycles. The SMILES string of the molecule is NCCc1ccc(-c2cnc(N)c(C(=O)Nc3cnccc3N3CCOCC3)n2)cn1. The number of carbonyl (C=O) groups is 1. The summed E-state index contributed by atoms with van der Waals surface area (Å²) >= 11 is 0. The summed E-state index contributed by atoms with van der Waals surface area (Å²) in [6, 6.07) is 5.61. The van der Waals surface area contributed by atoms with Crippen LogP contribution in [0, 0.1) is 0 Å². The van der Waals surface area contributed by atoms with Gasteiger partial charge in [-0.15, -0.1) is 0 Å². The highest BCUT2D eigenvalue weighted by Gasteiger charge is 2.19. The summed E-state index contributed by atoms with van der Waals surface area (Å²) in [5, 5.41) is 2.87. The fourth-order valence-electron chi connectivity index (χ4n) is 3.32. The molecule has 4 rings (SSSR count). The number of nitrogens with zero attached hydrogens (tertiary/aromatic N) is 5. The van der Waals surface area contributed by atoms with Crippen LogP contribution in [0.1, 0.15) is 16.2 Å². The van der Waals surface area contributed by atoms with Crippen molar-refractivity contribution in [3.63, 3.8) is 0 Å². The van der Waals surface area contributed by atoms with Crippen LogP contribution in [0.25, 0.3) is 11.3 Å². The molecule has 4 heterocycles. The molecule has 5 N–H and O–H groups in total.